The van der Waals surface area contributed by atoms with Gasteiger partial charge in [-0.2, -0.15) is 5.10 Å². The van der Waals surface area contributed by atoms with Gasteiger partial charge >= 0.3 is 0 Å². The summed E-state index contributed by atoms with van der Waals surface area (Å²) in [6, 6.07) is 6.51. The third-order valence-corrected chi connectivity index (χ3v) is 5.81. The molecule has 26 heavy (non-hydrogen) atoms. The molecule has 1 aromatic rings. The molecule has 4 N–H and O–H groups in total. The molecule has 0 unspecified atom stereocenters. The maximum absolute atomic E-state index is 11.7. The highest BCUT2D eigenvalue weighted by Gasteiger charge is 2.13. The minimum atomic E-state index is -3.43. The Morgan fingerprint density at radius 3 is 2.54 bits per heavy atom. The number of nitrogens with one attached hydrogen (secondary N) is 4. The van der Waals surface area contributed by atoms with Crippen molar-refractivity contribution in [2.24, 2.45) is 5.10 Å². The first-order valence-corrected chi connectivity index (χ1v) is 10.3. The fourth-order valence-corrected chi connectivity index (χ4v) is 3.37. The van der Waals surface area contributed by atoms with Crippen molar-refractivity contribution in [2.75, 3.05) is 46.4 Å². The summed E-state index contributed by atoms with van der Waals surface area (Å²) in [5, 5.41) is 7.84. The molecule has 0 radical (unpaired) electrons. The molecule has 0 spiro atoms. The summed E-state index contributed by atoms with van der Waals surface area (Å²) >= 11 is 5.22. The molecule has 0 aliphatic carbocycles. The molecular formula is C16H26N5O3S2+. The second kappa shape index (κ2) is 9.93. The summed E-state index contributed by atoms with van der Waals surface area (Å²) < 4.78 is 31.1. The van der Waals surface area contributed by atoms with E-state index in [0.717, 1.165) is 45.0 Å². The number of benzene rings is 1. The van der Waals surface area contributed by atoms with E-state index in [2.05, 4.69) is 20.6 Å². The van der Waals surface area contributed by atoms with Crippen LogP contribution in [0.15, 0.2) is 34.3 Å². The van der Waals surface area contributed by atoms with Gasteiger partial charge in [-0.3, -0.25) is 5.43 Å². The number of nitrogens with zero attached hydrogens (tertiary/aromatic N) is 1. The summed E-state index contributed by atoms with van der Waals surface area (Å²) in [7, 11) is -2.05. The molecule has 0 aromatic heterocycles. The third kappa shape index (κ3) is 6.29. The molecule has 2 rings (SSSR count). The number of sulfonamides is 1. The van der Waals surface area contributed by atoms with Gasteiger partial charge in [-0.25, -0.2) is 13.1 Å². The number of hydrogen-bond acceptors (Lipinski definition) is 5. The lowest BCUT2D eigenvalue weighted by Gasteiger charge is -2.23. The van der Waals surface area contributed by atoms with Crippen molar-refractivity contribution in [3.63, 3.8) is 0 Å². The van der Waals surface area contributed by atoms with E-state index in [-0.39, 0.29) is 4.90 Å². The lowest BCUT2D eigenvalue weighted by Crippen LogP contribution is -3.14. The van der Waals surface area contributed by atoms with E-state index in [4.69, 9.17) is 17.0 Å². The highest BCUT2D eigenvalue weighted by molar-refractivity contribution is 7.89. The Morgan fingerprint density at radius 1 is 1.27 bits per heavy atom. The predicted molar refractivity (Wildman–Crippen MR) is 105 cm³/mol. The Bertz CT molecular complexity index is 729. The highest BCUT2D eigenvalue weighted by Crippen LogP contribution is 2.10. The van der Waals surface area contributed by atoms with Crippen LogP contribution in [0.25, 0.3) is 0 Å². The monoisotopic (exact) mass is 400 g/mol. The molecular weight excluding hydrogens is 374 g/mol. The van der Waals surface area contributed by atoms with Crippen LogP contribution >= 0.6 is 12.2 Å². The van der Waals surface area contributed by atoms with Crippen LogP contribution in [0, 0.1) is 0 Å². The SMILES string of the molecule is CNS(=O)(=O)c1ccc(/C(C)=N\NC(=S)NCC[NH+]2CCOCC2)cc1. The topological polar surface area (TPSA) is 96.3 Å². The molecule has 10 heteroatoms. The minimum Gasteiger partial charge on any atom is -0.370 e. The van der Waals surface area contributed by atoms with Crippen molar-refractivity contribution in [1.29, 1.82) is 0 Å². The van der Waals surface area contributed by atoms with E-state index in [1.807, 2.05) is 6.92 Å². The molecule has 8 nitrogen and oxygen atoms in total. The molecule has 1 aliphatic heterocycles. The molecule has 0 bridgehead atoms. The number of hydrazone groups is 1. The summed E-state index contributed by atoms with van der Waals surface area (Å²) in [6.07, 6.45) is 0. The first kappa shape index (κ1) is 20.7. The van der Waals surface area contributed by atoms with Crippen LogP contribution in [0.5, 0.6) is 0 Å². The molecule has 1 fully saturated rings. The Hall–Kier alpha value is -1.59. The largest absolute Gasteiger partial charge is 0.370 e. The zero-order valence-electron chi connectivity index (χ0n) is 15.0. The van der Waals surface area contributed by atoms with Gasteiger partial charge in [0.1, 0.15) is 13.1 Å². The van der Waals surface area contributed by atoms with Gasteiger partial charge in [0.15, 0.2) is 5.11 Å². The van der Waals surface area contributed by atoms with Crippen LogP contribution < -0.4 is 20.4 Å². The Morgan fingerprint density at radius 2 is 1.92 bits per heavy atom. The molecule has 1 aliphatic rings. The first-order valence-electron chi connectivity index (χ1n) is 8.46. The van der Waals surface area contributed by atoms with Crippen molar-refractivity contribution < 1.29 is 18.1 Å². The molecule has 1 saturated heterocycles. The van der Waals surface area contributed by atoms with Gasteiger partial charge in [-0.15, -0.1) is 0 Å². The van der Waals surface area contributed by atoms with E-state index in [1.54, 1.807) is 24.3 Å². The summed E-state index contributed by atoms with van der Waals surface area (Å²) in [5.74, 6) is 0. The van der Waals surface area contributed by atoms with Crippen molar-refractivity contribution in [3.05, 3.63) is 29.8 Å². The lowest BCUT2D eigenvalue weighted by molar-refractivity contribution is -0.906. The van der Waals surface area contributed by atoms with Crippen molar-refractivity contribution in [3.8, 4) is 0 Å². The number of thiocarbonyl (C=S) groups is 1. The van der Waals surface area contributed by atoms with Crippen LogP contribution in [0.3, 0.4) is 0 Å². The molecule has 0 saturated carbocycles. The lowest BCUT2D eigenvalue weighted by atomic mass is 10.1. The zero-order valence-corrected chi connectivity index (χ0v) is 16.7. The molecule has 0 amide bonds. The molecule has 1 heterocycles. The third-order valence-electron chi connectivity index (χ3n) is 4.14. The second-order valence-electron chi connectivity index (χ2n) is 5.91. The van der Waals surface area contributed by atoms with Crippen molar-refractivity contribution >= 4 is 33.1 Å². The van der Waals surface area contributed by atoms with Gasteiger partial charge in [0.2, 0.25) is 10.0 Å². The fourth-order valence-electron chi connectivity index (χ4n) is 2.49. The van der Waals surface area contributed by atoms with Crippen LogP contribution in [0.2, 0.25) is 0 Å². The number of ether oxygens (including phenoxy) is 1. The van der Waals surface area contributed by atoms with E-state index < -0.39 is 10.0 Å². The molecule has 0 atom stereocenters. The predicted octanol–water partition coefficient (Wildman–Crippen LogP) is -1.30. The first-order chi connectivity index (χ1) is 12.4. The Balaban J connectivity index is 1.80. The van der Waals surface area contributed by atoms with Crippen molar-refractivity contribution in [2.45, 2.75) is 11.8 Å². The smallest absolute Gasteiger partial charge is 0.240 e. The summed E-state index contributed by atoms with van der Waals surface area (Å²) in [6.45, 7) is 7.26. The number of morpholine rings is 1. The zero-order chi connectivity index (χ0) is 19.0. The average Bonchev–Trinajstić information content (AvgIpc) is 2.67. The van der Waals surface area contributed by atoms with Crippen LogP contribution in [-0.2, 0) is 14.8 Å². The number of rotatable bonds is 7. The van der Waals surface area contributed by atoms with Crippen molar-refractivity contribution in [1.82, 2.24) is 15.5 Å². The van der Waals surface area contributed by atoms with Gasteiger partial charge < -0.3 is 15.0 Å². The van der Waals surface area contributed by atoms with Gasteiger partial charge in [0.05, 0.1) is 36.9 Å². The summed E-state index contributed by atoms with van der Waals surface area (Å²) in [4.78, 5) is 1.72. The van der Waals surface area contributed by atoms with Crippen LogP contribution in [0.1, 0.15) is 12.5 Å². The quantitative estimate of drug-likeness (QED) is 0.258. The average molecular weight is 401 g/mol. The highest BCUT2D eigenvalue weighted by atomic mass is 32.2. The van der Waals surface area contributed by atoms with Gasteiger partial charge in [-0.1, -0.05) is 12.1 Å². The van der Waals surface area contributed by atoms with E-state index >= 15 is 0 Å². The van der Waals surface area contributed by atoms with Crippen LogP contribution in [0.4, 0.5) is 0 Å². The maximum Gasteiger partial charge on any atom is 0.240 e. The summed E-state index contributed by atoms with van der Waals surface area (Å²) in [5.41, 5.74) is 4.34. The number of quaternary nitrogens is 1. The second-order valence-corrected chi connectivity index (χ2v) is 8.20. The normalized spacial score (nSPS) is 16.3. The van der Waals surface area contributed by atoms with E-state index in [1.165, 1.54) is 11.9 Å². The maximum atomic E-state index is 11.7. The van der Waals surface area contributed by atoms with E-state index in [0.29, 0.717) is 10.8 Å². The van der Waals surface area contributed by atoms with E-state index in [9.17, 15) is 8.42 Å². The molecule has 1 aromatic carbocycles. The van der Waals surface area contributed by atoms with Gasteiger partial charge in [0, 0.05) is 0 Å². The Labute approximate surface area is 160 Å². The fraction of sp³-hybridized carbons (Fsp3) is 0.500. The minimum absolute atomic E-state index is 0.215. The van der Waals surface area contributed by atoms with Gasteiger partial charge in [0.25, 0.3) is 0 Å². The number of hydrogen-bond donors (Lipinski definition) is 4. The van der Waals surface area contributed by atoms with Crippen LogP contribution in [-0.4, -0.2) is 65.7 Å². The van der Waals surface area contributed by atoms with Gasteiger partial charge in [-0.05, 0) is 43.9 Å². The Kier molecular flexibility index (Phi) is 7.91. The molecule has 144 valence electrons. The standard InChI is InChI=1S/C16H25N5O3S2/c1-13(14-3-5-15(6-4-14)26(22,23)17-2)19-20-16(25)18-7-8-21-9-11-24-12-10-21/h3-6,17H,7-12H2,1-2H3,(H2,18,20,25)/p+1/b19-13-.